The number of pyridine rings is 1. The van der Waals surface area contributed by atoms with Gasteiger partial charge in [-0.05, 0) is 18.1 Å². The van der Waals surface area contributed by atoms with Crippen molar-refractivity contribution in [3.63, 3.8) is 0 Å². The van der Waals surface area contributed by atoms with Crippen molar-refractivity contribution in [2.75, 3.05) is 5.32 Å². The number of aromatic nitrogens is 1. The summed E-state index contributed by atoms with van der Waals surface area (Å²) >= 11 is 0. The Morgan fingerprint density at radius 2 is 1.52 bits per heavy atom. The summed E-state index contributed by atoms with van der Waals surface area (Å²) in [5, 5.41) is 2.81. The van der Waals surface area contributed by atoms with E-state index < -0.39 is 0 Å². The Balaban J connectivity index is 1.58. The standard InChI is InChI=1S/C24H20N2O3/c1-2-6-16-11-13-26(14-12-16)15-21(27)25-20-10-5-9-19-22(20)24(29)18-8-4-3-7-17(18)23(19)28/h3-5,7-14H,2,6,15H2,1H3/p+1. The van der Waals surface area contributed by atoms with Gasteiger partial charge in [-0.1, -0.05) is 49.7 Å². The van der Waals surface area contributed by atoms with E-state index in [0.717, 1.165) is 12.8 Å². The zero-order valence-corrected chi connectivity index (χ0v) is 16.1. The third kappa shape index (κ3) is 3.59. The maximum absolute atomic E-state index is 13.0. The highest BCUT2D eigenvalue weighted by molar-refractivity contribution is 6.30. The van der Waals surface area contributed by atoms with Gasteiger partial charge in [-0.2, -0.15) is 4.57 Å². The Morgan fingerprint density at radius 3 is 2.21 bits per heavy atom. The molecule has 0 spiro atoms. The molecule has 1 heterocycles. The molecule has 1 amide bonds. The maximum Gasteiger partial charge on any atom is 0.290 e. The number of hydrogen-bond donors (Lipinski definition) is 1. The second-order valence-corrected chi connectivity index (χ2v) is 7.11. The van der Waals surface area contributed by atoms with Crippen molar-refractivity contribution in [2.45, 2.75) is 26.3 Å². The minimum absolute atomic E-state index is 0.120. The molecule has 1 aromatic heterocycles. The molecular weight excluding hydrogens is 364 g/mol. The van der Waals surface area contributed by atoms with Crippen LogP contribution in [0, 0.1) is 0 Å². The first kappa shape index (κ1) is 18.7. The molecule has 0 aliphatic heterocycles. The van der Waals surface area contributed by atoms with Gasteiger partial charge in [0.2, 0.25) is 6.54 Å². The smallest absolute Gasteiger partial charge is 0.290 e. The first-order valence-corrected chi connectivity index (χ1v) is 9.67. The molecule has 0 saturated carbocycles. The SMILES string of the molecule is CCCc1cc[n+](CC(=O)Nc2cccc3c2C(=O)c2ccccc2C3=O)cc1. The monoisotopic (exact) mass is 385 g/mol. The highest BCUT2D eigenvalue weighted by Crippen LogP contribution is 2.31. The molecule has 0 bridgehead atoms. The van der Waals surface area contributed by atoms with Gasteiger partial charge < -0.3 is 5.32 Å². The summed E-state index contributed by atoms with van der Waals surface area (Å²) in [5.41, 5.74) is 2.94. The summed E-state index contributed by atoms with van der Waals surface area (Å²) in [5.74, 6) is -0.708. The van der Waals surface area contributed by atoms with Crippen LogP contribution >= 0.6 is 0 Å². The fraction of sp³-hybridized carbons (Fsp3) is 0.167. The van der Waals surface area contributed by atoms with Gasteiger partial charge in [0.05, 0.1) is 11.3 Å². The number of hydrogen-bond acceptors (Lipinski definition) is 3. The lowest BCUT2D eigenvalue weighted by Gasteiger charge is -2.20. The summed E-state index contributed by atoms with van der Waals surface area (Å²) < 4.78 is 1.78. The first-order valence-electron chi connectivity index (χ1n) is 9.67. The number of aryl methyl sites for hydroxylation is 1. The highest BCUT2D eigenvalue weighted by atomic mass is 16.2. The van der Waals surface area contributed by atoms with E-state index in [0.29, 0.717) is 22.4 Å². The number of nitrogens with one attached hydrogen (secondary N) is 1. The van der Waals surface area contributed by atoms with Crippen LogP contribution in [0.15, 0.2) is 67.0 Å². The molecule has 0 atom stereocenters. The molecule has 29 heavy (non-hydrogen) atoms. The lowest BCUT2D eigenvalue weighted by molar-refractivity contribution is -0.684. The Kier molecular flexibility index (Phi) is 5.04. The molecule has 144 valence electrons. The Bertz CT molecular complexity index is 1120. The normalized spacial score (nSPS) is 12.3. The van der Waals surface area contributed by atoms with E-state index in [1.165, 1.54) is 5.56 Å². The van der Waals surface area contributed by atoms with E-state index in [4.69, 9.17) is 0 Å². The Labute approximate surface area is 169 Å². The number of carbonyl (C=O) groups is 3. The van der Waals surface area contributed by atoms with Crippen molar-refractivity contribution >= 4 is 23.2 Å². The van der Waals surface area contributed by atoms with E-state index in [1.807, 2.05) is 24.5 Å². The van der Waals surface area contributed by atoms with Gasteiger partial charge >= 0.3 is 0 Å². The molecule has 0 fully saturated rings. The number of carbonyl (C=O) groups excluding carboxylic acids is 3. The summed E-state index contributed by atoms with van der Waals surface area (Å²) in [6, 6.07) is 15.7. The predicted molar refractivity (Wildman–Crippen MR) is 109 cm³/mol. The number of anilines is 1. The van der Waals surface area contributed by atoms with Gasteiger partial charge in [0.1, 0.15) is 0 Å². The fourth-order valence-electron chi connectivity index (χ4n) is 3.65. The number of fused-ring (bicyclic) bond motifs is 2. The van der Waals surface area contributed by atoms with E-state index in [-0.39, 0.29) is 29.6 Å². The molecular formula is C24H21N2O3+. The summed E-state index contributed by atoms with van der Waals surface area (Å²) in [6.07, 6.45) is 5.81. The molecule has 0 radical (unpaired) electrons. The third-order valence-electron chi connectivity index (χ3n) is 5.05. The lowest BCUT2D eigenvalue weighted by atomic mass is 9.83. The molecule has 1 aliphatic carbocycles. The van der Waals surface area contributed by atoms with Crippen LogP contribution in [-0.2, 0) is 17.8 Å². The third-order valence-corrected chi connectivity index (χ3v) is 5.05. The highest BCUT2D eigenvalue weighted by Gasteiger charge is 2.31. The van der Waals surface area contributed by atoms with Crippen molar-refractivity contribution in [2.24, 2.45) is 0 Å². The number of ketones is 2. The van der Waals surface area contributed by atoms with Crippen LogP contribution in [0.5, 0.6) is 0 Å². The summed E-state index contributed by atoms with van der Waals surface area (Å²) in [7, 11) is 0. The van der Waals surface area contributed by atoms with Crippen molar-refractivity contribution < 1.29 is 19.0 Å². The molecule has 4 rings (SSSR count). The van der Waals surface area contributed by atoms with E-state index in [2.05, 4.69) is 12.2 Å². The molecule has 1 aliphatic rings. The zero-order chi connectivity index (χ0) is 20.4. The molecule has 1 N–H and O–H groups in total. The molecule has 2 aromatic carbocycles. The number of rotatable bonds is 5. The second-order valence-electron chi connectivity index (χ2n) is 7.11. The Morgan fingerprint density at radius 1 is 0.862 bits per heavy atom. The van der Waals surface area contributed by atoms with Crippen LogP contribution in [0.1, 0.15) is 50.8 Å². The van der Waals surface area contributed by atoms with Crippen LogP contribution in [0.25, 0.3) is 0 Å². The molecule has 5 nitrogen and oxygen atoms in total. The van der Waals surface area contributed by atoms with Crippen LogP contribution in [-0.4, -0.2) is 17.5 Å². The zero-order valence-electron chi connectivity index (χ0n) is 16.1. The van der Waals surface area contributed by atoms with Crippen LogP contribution < -0.4 is 9.88 Å². The number of nitrogens with zero attached hydrogens (tertiary/aromatic N) is 1. The van der Waals surface area contributed by atoms with Crippen molar-refractivity contribution in [3.05, 3.63) is 94.8 Å². The van der Waals surface area contributed by atoms with Crippen molar-refractivity contribution in [3.8, 4) is 0 Å². The van der Waals surface area contributed by atoms with Gasteiger partial charge in [0.15, 0.2) is 24.0 Å². The summed E-state index contributed by atoms with van der Waals surface area (Å²) in [4.78, 5) is 38.4. The maximum atomic E-state index is 13.0. The average molecular weight is 385 g/mol. The largest absolute Gasteiger partial charge is 0.320 e. The van der Waals surface area contributed by atoms with Crippen molar-refractivity contribution in [1.82, 2.24) is 0 Å². The van der Waals surface area contributed by atoms with Crippen LogP contribution in [0.2, 0.25) is 0 Å². The predicted octanol–water partition coefficient (Wildman–Crippen LogP) is 3.34. The topological polar surface area (TPSA) is 67.1 Å². The summed E-state index contributed by atoms with van der Waals surface area (Å²) in [6.45, 7) is 2.24. The average Bonchev–Trinajstić information content (AvgIpc) is 2.73. The van der Waals surface area contributed by atoms with E-state index in [1.54, 1.807) is 47.0 Å². The van der Waals surface area contributed by atoms with Gasteiger partial charge in [0.25, 0.3) is 5.91 Å². The van der Waals surface area contributed by atoms with Gasteiger partial charge in [-0.25, -0.2) is 0 Å². The molecule has 0 saturated heterocycles. The first-order chi connectivity index (χ1) is 14.1. The molecule has 3 aromatic rings. The van der Waals surface area contributed by atoms with Crippen LogP contribution in [0.4, 0.5) is 5.69 Å². The van der Waals surface area contributed by atoms with E-state index >= 15 is 0 Å². The van der Waals surface area contributed by atoms with Gasteiger partial charge in [-0.15, -0.1) is 0 Å². The van der Waals surface area contributed by atoms with Crippen molar-refractivity contribution in [1.29, 1.82) is 0 Å². The number of amides is 1. The second kappa shape index (κ2) is 7.80. The molecule has 5 heteroatoms. The van der Waals surface area contributed by atoms with E-state index in [9.17, 15) is 14.4 Å². The number of benzene rings is 2. The quantitative estimate of drug-likeness (QED) is 0.536. The Hall–Kier alpha value is -3.60. The fourth-order valence-corrected chi connectivity index (χ4v) is 3.65. The lowest BCUT2D eigenvalue weighted by Crippen LogP contribution is -2.40. The minimum Gasteiger partial charge on any atom is -0.320 e. The molecule has 0 unspecified atom stereocenters. The van der Waals surface area contributed by atoms with Gasteiger partial charge in [-0.3, -0.25) is 14.4 Å². The minimum atomic E-state index is -0.259. The van der Waals surface area contributed by atoms with Gasteiger partial charge in [0, 0.05) is 28.8 Å². The van der Waals surface area contributed by atoms with Crippen LogP contribution in [0.3, 0.4) is 0 Å².